The molecule has 1 fully saturated rings. The van der Waals surface area contributed by atoms with Crippen molar-refractivity contribution < 1.29 is 14.6 Å². The van der Waals surface area contributed by atoms with E-state index in [0.717, 1.165) is 54.6 Å². The average Bonchev–Trinajstić information content (AvgIpc) is 3.03. The summed E-state index contributed by atoms with van der Waals surface area (Å²) in [5.74, 6) is 0.950. The number of piperidine rings is 1. The molecule has 0 aliphatic carbocycles. The minimum Gasteiger partial charge on any atom is -0.497 e. The van der Waals surface area contributed by atoms with Crippen LogP contribution in [0.25, 0.3) is 10.9 Å². The van der Waals surface area contributed by atoms with Gasteiger partial charge in [0.05, 0.1) is 13.5 Å². The fraction of sp³-hybridized carbons (Fsp3) is 0.526. The average molecular weight is 330 g/mol. The monoisotopic (exact) mass is 330 g/mol. The van der Waals surface area contributed by atoms with Crippen molar-refractivity contribution in [3.63, 3.8) is 0 Å². The largest absolute Gasteiger partial charge is 0.497 e. The maximum absolute atomic E-state index is 12.7. The predicted molar refractivity (Wildman–Crippen MR) is 94.2 cm³/mol. The second-order valence-electron chi connectivity index (χ2n) is 6.79. The van der Waals surface area contributed by atoms with E-state index in [1.807, 2.05) is 29.3 Å². The minimum absolute atomic E-state index is 0.00489. The van der Waals surface area contributed by atoms with Crippen LogP contribution in [0.3, 0.4) is 0 Å². The Morgan fingerprint density at radius 1 is 1.38 bits per heavy atom. The highest BCUT2D eigenvalue weighted by Crippen LogP contribution is 2.34. The molecule has 1 aliphatic heterocycles. The normalized spacial score (nSPS) is 17.2. The van der Waals surface area contributed by atoms with Crippen LogP contribution in [0.4, 0.5) is 0 Å². The van der Waals surface area contributed by atoms with Crippen LogP contribution in [0.15, 0.2) is 24.4 Å². The first-order valence-electron chi connectivity index (χ1n) is 8.63. The number of methoxy groups -OCH3 is 1. The third kappa shape index (κ3) is 3.13. The molecule has 0 bridgehead atoms. The highest BCUT2D eigenvalue weighted by Gasteiger charge is 2.33. The SMILES string of the molecule is CCC1(CO)CCN(C(=O)Cc2c[nH]c3ccc(OC)cc23)CC1. The molecule has 0 spiro atoms. The third-order valence-electron chi connectivity index (χ3n) is 5.58. The quantitative estimate of drug-likeness (QED) is 0.886. The Kier molecular flexibility index (Phi) is 4.81. The Bertz CT molecular complexity index is 708. The van der Waals surface area contributed by atoms with Gasteiger partial charge in [0.2, 0.25) is 5.91 Å². The molecule has 2 aromatic rings. The predicted octanol–water partition coefficient (Wildman–Crippen LogP) is 2.73. The first kappa shape index (κ1) is 16.8. The van der Waals surface area contributed by atoms with Gasteiger partial charge < -0.3 is 19.7 Å². The van der Waals surface area contributed by atoms with Crippen molar-refractivity contribution in [1.29, 1.82) is 0 Å². The lowest BCUT2D eigenvalue weighted by Gasteiger charge is -2.40. The number of nitrogens with one attached hydrogen (secondary N) is 1. The molecular weight excluding hydrogens is 304 g/mol. The van der Waals surface area contributed by atoms with E-state index >= 15 is 0 Å². The number of hydrogen-bond acceptors (Lipinski definition) is 3. The van der Waals surface area contributed by atoms with Crippen LogP contribution in [0.2, 0.25) is 0 Å². The number of carbonyl (C=O) groups excluding carboxylic acids is 1. The smallest absolute Gasteiger partial charge is 0.227 e. The second kappa shape index (κ2) is 6.85. The van der Waals surface area contributed by atoms with Crippen molar-refractivity contribution >= 4 is 16.8 Å². The molecule has 1 saturated heterocycles. The van der Waals surface area contributed by atoms with E-state index < -0.39 is 0 Å². The minimum atomic E-state index is 0.00489. The summed E-state index contributed by atoms with van der Waals surface area (Å²) in [5, 5.41) is 10.7. The Morgan fingerprint density at radius 3 is 2.75 bits per heavy atom. The van der Waals surface area contributed by atoms with Gasteiger partial charge in [0.1, 0.15) is 5.75 Å². The first-order valence-corrected chi connectivity index (χ1v) is 8.63. The van der Waals surface area contributed by atoms with Crippen LogP contribution in [-0.2, 0) is 11.2 Å². The van der Waals surface area contributed by atoms with E-state index in [0.29, 0.717) is 6.42 Å². The molecule has 0 saturated carbocycles. The molecule has 1 amide bonds. The lowest BCUT2D eigenvalue weighted by atomic mass is 9.77. The van der Waals surface area contributed by atoms with E-state index in [2.05, 4.69) is 11.9 Å². The van der Waals surface area contributed by atoms with Crippen LogP contribution >= 0.6 is 0 Å². The lowest BCUT2D eigenvalue weighted by Crippen LogP contribution is -2.44. The number of aromatic amines is 1. The number of carbonyl (C=O) groups is 1. The lowest BCUT2D eigenvalue weighted by molar-refractivity contribution is -0.133. The highest BCUT2D eigenvalue weighted by molar-refractivity contribution is 5.89. The van der Waals surface area contributed by atoms with Gasteiger partial charge in [-0.25, -0.2) is 0 Å². The van der Waals surface area contributed by atoms with Crippen LogP contribution in [-0.4, -0.2) is 47.7 Å². The zero-order chi connectivity index (χ0) is 17.2. The van der Waals surface area contributed by atoms with E-state index in [-0.39, 0.29) is 17.9 Å². The topological polar surface area (TPSA) is 65.6 Å². The number of nitrogens with zero attached hydrogens (tertiary/aromatic N) is 1. The van der Waals surface area contributed by atoms with Gasteiger partial charge in [-0.05, 0) is 48.4 Å². The zero-order valence-corrected chi connectivity index (χ0v) is 14.5. The van der Waals surface area contributed by atoms with Crippen LogP contribution in [0.1, 0.15) is 31.7 Å². The molecule has 130 valence electrons. The summed E-state index contributed by atoms with van der Waals surface area (Å²) in [4.78, 5) is 17.8. The number of aliphatic hydroxyl groups is 1. The van der Waals surface area contributed by atoms with Gasteiger partial charge in [-0.3, -0.25) is 4.79 Å². The summed E-state index contributed by atoms with van der Waals surface area (Å²) in [6.45, 7) is 3.80. The Balaban J connectivity index is 1.70. The van der Waals surface area contributed by atoms with E-state index in [9.17, 15) is 9.90 Å². The number of aromatic nitrogens is 1. The van der Waals surface area contributed by atoms with E-state index in [4.69, 9.17) is 4.74 Å². The number of aliphatic hydroxyl groups excluding tert-OH is 1. The zero-order valence-electron chi connectivity index (χ0n) is 14.5. The summed E-state index contributed by atoms with van der Waals surface area (Å²) in [7, 11) is 1.65. The number of rotatable bonds is 5. The number of H-pyrrole nitrogens is 1. The summed E-state index contributed by atoms with van der Waals surface area (Å²) >= 11 is 0. The van der Waals surface area contributed by atoms with Crippen molar-refractivity contribution in [3.05, 3.63) is 30.0 Å². The van der Waals surface area contributed by atoms with Crippen LogP contribution in [0, 0.1) is 5.41 Å². The molecule has 5 nitrogen and oxygen atoms in total. The molecule has 5 heteroatoms. The van der Waals surface area contributed by atoms with Crippen LogP contribution < -0.4 is 4.74 Å². The molecule has 0 unspecified atom stereocenters. The molecule has 3 rings (SSSR count). The van der Waals surface area contributed by atoms with Gasteiger partial charge in [-0.2, -0.15) is 0 Å². The molecule has 0 atom stereocenters. The molecule has 1 aromatic heterocycles. The third-order valence-corrected chi connectivity index (χ3v) is 5.58. The fourth-order valence-corrected chi connectivity index (χ4v) is 3.56. The maximum Gasteiger partial charge on any atom is 0.227 e. The molecule has 1 aromatic carbocycles. The molecule has 0 radical (unpaired) electrons. The standard InChI is InChI=1S/C19H26N2O3/c1-3-19(13-22)6-8-21(9-7-19)18(23)10-14-12-20-17-5-4-15(24-2)11-16(14)17/h4-5,11-12,20,22H,3,6-10,13H2,1-2H3. The van der Waals surface area contributed by atoms with Gasteiger partial charge in [0.15, 0.2) is 0 Å². The van der Waals surface area contributed by atoms with Crippen molar-refractivity contribution in [2.24, 2.45) is 5.41 Å². The molecular formula is C19H26N2O3. The number of fused-ring (bicyclic) bond motifs is 1. The van der Waals surface area contributed by atoms with E-state index in [1.165, 1.54) is 0 Å². The van der Waals surface area contributed by atoms with Gasteiger partial charge in [0, 0.05) is 36.8 Å². The van der Waals surface area contributed by atoms with E-state index in [1.54, 1.807) is 7.11 Å². The van der Waals surface area contributed by atoms with Gasteiger partial charge >= 0.3 is 0 Å². The van der Waals surface area contributed by atoms with Crippen LogP contribution in [0.5, 0.6) is 5.75 Å². The maximum atomic E-state index is 12.7. The number of benzene rings is 1. The van der Waals surface area contributed by atoms with Crippen molar-refractivity contribution in [2.45, 2.75) is 32.6 Å². The van der Waals surface area contributed by atoms with Gasteiger partial charge in [0.25, 0.3) is 0 Å². The summed E-state index contributed by atoms with van der Waals surface area (Å²) in [5.41, 5.74) is 2.02. The van der Waals surface area contributed by atoms with Crippen molar-refractivity contribution in [3.8, 4) is 5.75 Å². The van der Waals surface area contributed by atoms with Gasteiger partial charge in [-0.15, -0.1) is 0 Å². The molecule has 24 heavy (non-hydrogen) atoms. The summed E-state index contributed by atoms with van der Waals surface area (Å²) < 4.78 is 5.28. The van der Waals surface area contributed by atoms with Gasteiger partial charge in [-0.1, -0.05) is 6.92 Å². The molecule has 2 N–H and O–H groups in total. The number of likely N-dealkylation sites (tertiary alicyclic amines) is 1. The highest BCUT2D eigenvalue weighted by atomic mass is 16.5. The number of ether oxygens (including phenoxy) is 1. The van der Waals surface area contributed by atoms with Crippen molar-refractivity contribution in [2.75, 3.05) is 26.8 Å². The Labute approximate surface area is 142 Å². The van der Waals surface area contributed by atoms with Crippen molar-refractivity contribution in [1.82, 2.24) is 9.88 Å². The first-order chi connectivity index (χ1) is 11.6. The fourth-order valence-electron chi connectivity index (χ4n) is 3.56. The summed E-state index contributed by atoms with van der Waals surface area (Å²) in [6.07, 6.45) is 5.04. The Morgan fingerprint density at radius 2 is 2.12 bits per heavy atom. The molecule has 1 aliphatic rings. The Hall–Kier alpha value is -2.01. The number of amides is 1. The second-order valence-corrected chi connectivity index (χ2v) is 6.79. The number of hydrogen-bond donors (Lipinski definition) is 2. The summed E-state index contributed by atoms with van der Waals surface area (Å²) in [6, 6.07) is 5.85. The molecule has 2 heterocycles.